The summed E-state index contributed by atoms with van der Waals surface area (Å²) in [6.45, 7) is 14.3. The van der Waals surface area contributed by atoms with Gasteiger partial charge in [0.05, 0.1) is 0 Å². The molecule has 14 nitrogen and oxygen atoms in total. The van der Waals surface area contributed by atoms with Crippen LogP contribution in [0, 0.1) is 0 Å². The SMILES string of the molecule is CCCC[Si]12O[Si](C)(OC)O[Si](C)(OC)O[Si](C)(O[Si]3(C)O[Si](C)(OC)O[Si](C)(OC)O[Si](C)(O3)O1)O2. The molecule has 37 heavy (non-hydrogen) atoms. The highest BCUT2D eigenvalue weighted by atomic mass is 28.6. The van der Waals surface area contributed by atoms with Gasteiger partial charge in [0.25, 0.3) is 0 Å². The van der Waals surface area contributed by atoms with Gasteiger partial charge in [0.2, 0.25) is 0 Å². The van der Waals surface area contributed by atoms with E-state index < -0.39 is 70.4 Å². The average molecular weight is 671 g/mol. The molecule has 0 saturated carbocycles. The zero-order valence-corrected chi connectivity index (χ0v) is 31.8. The van der Waals surface area contributed by atoms with E-state index in [4.69, 9.17) is 58.9 Å². The highest BCUT2D eigenvalue weighted by Gasteiger charge is 2.73. The first-order valence-electron chi connectivity index (χ1n) is 12.1. The Hall–Kier alpha value is 1.18. The fourth-order valence-corrected chi connectivity index (χ4v) is 43.4. The third-order valence-electron chi connectivity index (χ3n) is 5.94. The molecule has 3 rings (SSSR count). The van der Waals surface area contributed by atoms with Crippen molar-refractivity contribution in [2.24, 2.45) is 0 Å². The third kappa shape index (κ3) is 7.53. The van der Waals surface area contributed by atoms with E-state index in [0.717, 1.165) is 12.8 Å². The Labute approximate surface area is 228 Å². The number of unbranched alkanes of at least 4 members (excludes halogenated alkanes) is 1. The molecule has 8 atom stereocenters. The second-order valence-corrected chi connectivity index (χ2v) is 33.4. The van der Waals surface area contributed by atoms with E-state index in [1.165, 1.54) is 28.4 Å². The predicted molar refractivity (Wildman–Crippen MR) is 146 cm³/mol. The van der Waals surface area contributed by atoms with Crippen LogP contribution in [0.1, 0.15) is 19.8 Å². The second kappa shape index (κ2) is 11.1. The van der Waals surface area contributed by atoms with Crippen LogP contribution in [0.3, 0.4) is 0 Å². The molecule has 3 heterocycles. The van der Waals surface area contributed by atoms with Crippen molar-refractivity contribution in [2.75, 3.05) is 28.4 Å². The van der Waals surface area contributed by atoms with Gasteiger partial charge in [-0.15, -0.1) is 0 Å². The smallest absolute Gasteiger partial charge is 0.378 e. The van der Waals surface area contributed by atoms with Gasteiger partial charge in [0, 0.05) is 80.3 Å². The standard InChI is InChI=1S/C15H42O14Si8/c1-13-14-15-37-27-33(9,19-5)21-32(8,18-4)24-36(12,29-37)26-34(10)22-30(6,16-2)20-31(7,17-3)23-35(11,25-34)28-37/h13-15H2,1-12H3. The molecule has 22 heteroatoms. The van der Waals surface area contributed by atoms with E-state index in [2.05, 4.69) is 6.92 Å². The van der Waals surface area contributed by atoms with Crippen LogP contribution in [0.2, 0.25) is 51.9 Å². The minimum absolute atomic E-state index is 0.435. The van der Waals surface area contributed by atoms with Gasteiger partial charge in [0.1, 0.15) is 0 Å². The topological polar surface area (TPSA) is 129 Å². The number of fused-ring (bicyclic) bond motifs is 4. The lowest BCUT2D eigenvalue weighted by atomic mass is 10.4. The summed E-state index contributed by atoms with van der Waals surface area (Å²) in [6, 6.07) is 0.435. The maximum Gasteiger partial charge on any atom is 0.482 e. The first-order valence-corrected chi connectivity index (χ1v) is 29.6. The maximum atomic E-state index is 6.83. The van der Waals surface area contributed by atoms with Crippen molar-refractivity contribution in [3.8, 4) is 0 Å². The Kier molecular flexibility index (Phi) is 9.81. The largest absolute Gasteiger partial charge is 0.482 e. The summed E-state index contributed by atoms with van der Waals surface area (Å²) >= 11 is 0. The summed E-state index contributed by atoms with van der Waals surface area (Å²) in [5.74, 6) is 0. The molecule has 0 aliphatic carbocycles. The zero-order valence-electron chi connectivity index (χ0n) is 23.8. The van der Waals surface area contributed by atoms with Crippen molar-refractivity contribution in [2.45, 2.75) is 71.6 Å². The fourth-order valence-electron chi connectivity index (χ4n) is 4.42. The van der Waals surface area contributed by atoms with Crippen molar-refractivity contribution in [1.82, 2.24) is 0 Å². The lowest BCUT2D eigenvalue weighted by molar-refractivity contribution is 0.0126. The van der Waals surface area contributed by atoms with Gasteiger partial charge < -0.3 is 58.9 Å². The third-order valence-corrected chi connectivity index (χ3v) is 38.8. The molecule has 3 aliphatic rings. The number of hydrogen-bond donors (Lipinski definition) is 0. The van der Waals surface area contributed by atoms with E-state index in [-0.39, 0.29) is 0 Å². The first kappa shape index (κ1) is 32.7. The first-order chi connectivity index (χ1) is 16.9. The molecule has 0 radical (unpaired) electrons. The highest BCUT2D eigenvalue weighted by molar-refractivity contribution is 6.97. The fraction of sp³-hybridized carbons (Fsp3) is 1.00. The molecule has 0 N–H and O–H groups in total. The van der Waals surface area contributed by atoms with Crippen LogP contribution in [-0.4, -0.2) is 98.9 Å². The summed E-state index contributed by atoms with van der Waals surface area (Å²) in [4.78, 5) is 0. The van der Waals surface area contributed by atoms with E-state index in [1.807, 2.05) is 0 Å². The normalized spacial score (nSPS) is 51.2. The summed E-state index contributed by atoms with van der Waals surface area (Å²) in [5.41, 5.74) is 0. The maximum absolute atomic E-state index is 6.83. The average Bonchev–Trinajstić information content (AvgIpc) is 2.73. The Morgan fingerprint density at radius 3 is 1.08 bits per heavy atom. The number of hydrogen-bond acceptors (Lipinski definition) is 14. The van der Waals surface area contributed by atoms with Gasteiger partial charge in [-0.2, -0.15) is 0 Å². The molecular formula is C15H42O14Si8. The van der Waals surface area contributed by atoms with Crippen LogP contribution in [0.5, 0.6) is 0 Å². The van der Waals surface area contributed by atoms with Crippen LogP contribution in [0.15, 0.2) is 0 Å². The molecule has 218 valence electrons. The molecule has 8 unspecified atom stereocenters. The predicted octanol–water partition coefficient (Wildman–Crippen LogP) is 2.50. The van der Waals surface area contributed by atoms with E-state index >= 15 is 0 Å². The summed E-state index contributed by atoms with van der Waals surface area (Å²) in [6.07, 6.45) is 1.60. The summed E-state index contributed by atoms with van der Waals surface area (Å²) in [7, 11) is -22.2. The van der Waals surface area contributed by atoms with Crippen molar-refractivity contribution in [3.63, 3.8) is 0 Å². The van der Waals surface area contributed by atoms with Crippen molar-refractivity contribution in [1.29, 1.82) is 0 Å². The second-order valence-electron chi connectivity index (χ2n) is 9.66. The molecule has 0 amide bonds. The molecule has 0 aromatic carbocycles. The molecule has 4 bridgehead atoms. The van der Waals surface area contributed by atoms with Crippen LogP contribution in [0.25, 0.3) is 0 Å². The lowest BCUT2D eigenvalue weighted by Gasteiger charge is -2.54. The lowest BCUT2D eigenvalue weighted by Crippen LogP contribution is -2.80. The van der Waals surface area contributed by atoms with Crippen LogP contribution >= 0.6 is 0 Å². The van der Waals surface area contributed by atoms with Crippen molar-refractivity contribution < 1.29 is 58.9 Å². The Morgan fingerprint density at radius 2 is 0.757 bits per heavy atom. The van der Waals surface area contributed by atoms with Crippen LogP contribution in [-0.2, 0) is 58.9 Å². The van der Waals surface area contributed by atoms with Crippen molar-refractivity contribution >= 4 is 70.4 Å². The Morgan fingerprint density at radius 1 is 0.432 bits per heavy atom. The molecule has 0 aromatic heterocycles. The molecular weight excluding hydrogens is 629 g/mol. The Balaban J connectivity index is 2.21. The molecule has 3 saturated heterocycles. The van der Waals surface area contributed by atoms with E-state index in [0.29, 0.717) is 6.04 Å². The minimum Gasteiger partial charge on any atom is -0.378 e. The van der Waals surface area contributed by atoms with Gasteiger partial charge >= 0.3 is 70.4 Å². The molecule has 3 aliphatic heterocycles. The minimum atomic E-state index is -3.71. The molecule has 0 spiro atoms. The van der Waals surface area contributed by atoms with Crippen LogP contribution in [0.4, 0.5) is 0 Å². The van der Waals surface area contributed by atoms with E-state index in [1.54, 1.807) is 45.8 Å². The monoisotopic (exact) mass is 670 g/mol. The van der Waals surface area contributed by atoms with Crippen molar-refractivity contribution in [3.05, 3.63) is 0 Å². The molecule has 3 fully saturated rings. The van der Waals surface area contributed by atoms with Gasteiger partial charge in [-0.25, -0.2) is 0 Å². The van der Waals surface area contributed by atoms with Gasteiger partial charge in [-0.05, 0) is 6.42 Å². The van der Waals surface area contributed by atoms with Gasteiger partial charge in [-0.3, -0.25) is 0 Å². The highest BCUT2D eigenvalue weighted by Crippen LogP contribution is 2.43. The molecule has 0 aromatic rings. The van der Waals surface area contributed by atoms with Crippen LogP contribution < -0.4 is 0 Å². The summed E-state index contributed by atoms with van der Waals surface area (Å²) < 4.78 is 89.0. The quantitative estimate of drug-likeness (QED) is 0.368. The zero-order chi connectivity index (χ0) is 28.0. The Bertz CT molecular complexity index is 828. The van der Waals surface area contributed by atoms with E-state index in [9.17, 15) is 0 Å². The van der Waals surface area contributed by atoms with Gasteiger partial charge in [0.15, 0.2) is 0 Å². The summed E-state index contributed by atoms with van der Waals surface area (Å²) in [5, 5.41) is 0. The van der Waals surface area contributed by atoms with Gasteiger partial charge in [-0.1, -0.05) is 13.3 Å². The number of rotatable bonds is 7.